The van der Waals surface area contributed by atoms with Crippen molar-refractivity contribution in [1.82, 2.24) is 19.9 Å². The molecule has 4 aliphatic heterocycles. The Morgan fingerprint density at radius 3 is 0.795 bits per heavy atom. The average molecular weight is 1850 g/mol. The number of aromatic nitrogens is 4. The van der Waals surface area contributed by atoms with Crippen LogP contribution in [0.25, 0.3) is 43.4 Å². The summed E-state index contributed by atoms with van der Waals surface area (Å²) in [4.78, 5) is 17.2. The molecule has 32 heteroatoms. The van der Waals surface area contributed by atoms with Gasteiger partial charge in [-0.1, -0.05) is 91.8 Å². The van der Waals surface area contributed by atoms with Crippen LogP contribution in [0.2, 0.25) is 0 Å². The van der Waals surface area contributed by atoms with Crippen LogP contribution < -0.4 is 40.2 Å². The molecule has 0 fully saturated rings. The molecule has 16 nitrogen and oxygen atoms in total. The van der Waals surface area contributed by atoms with Gasteiger partial charge in [0.05, 0.1) is 63.6 Å². The minimum absolute atomic E-state index is 0.322. The molecular weight excluding hydrogens is 1750 g/mol. The first kappa shape index (κ1) is 98.0. The zero-order valence-electron chi connectivity index (χ0n) is 74.7. The average Bonchev–Trinajstić information content (AvgIpc) is 1.34. The normalized spacial score (nSPS) is 15.8. The largest absolute Gasteiger partial charge is 0.493 e. The number of nitrogens with zero attached hydrogens (tertiary/aromatic N) is 4. The number of anilines is 4. The van der Waals surface area contributed by atoms with Gasteiger partial charge in [-0.15, -0.1) is 0 Å². The molecule has 0 radical (unpaired) electrons. The molecule has 16 rings (SSSR count). The topological polar surface area (TPSA) is 218 Å². The summed E-state index contributed by atoms with van der Waals surface area (Å²) in [7, 11) is 0. The highest BCUT2D eigenvalue weighted by atomic mass is 19.4. The Kier molecular flexibility index (Phi) is 27.6. The fourth-order valence-corrected chi connectivity index (χ4v) is 18.1. The van der Waals surface area contributed by atoms with E-state index in [0.29, 0.717) is 175 Å². The molecule has 0 spiro atoms. The second-order valence-electron chi connectivity index (χ2n) is 37.3. The lowest BCUT2D eigenvalue weighted by atomic mass is 9.74. The van der Waals surface area contributed by atoms with Gasteiger partial charge in [0, 0.05) is 160 Å². The SMILES string of the molecule is Cc1cc2c(NC[C@@](O)(CC(C)(C)c3cc(F)cc4c3OCC4)C(F)(F)F)cccc2cn1.Cc1cc2c(NC[C@](O)(CC(C)(C)c3cc(F)cc4c3OCC4)C(F)(F)F)cccc2cn1.Cc1ccc2c(NC[C@@](O)(CC(C)(C)c3cc(F)cc4c3OCC4)C(F)(F)F)cccc2n1.Cc1ccc2c(NC[C@](O)(CC(C)(C)c3cc(F)cc4c3OCC4)C(F)(F)F)cccc2n1. The fraction of sp³-hybridized carbons (Fsp3) is 0.400. The predicted octanol–water partition coefficient (Wildman–Crippen LogP) is 22.8. The van der Waals surface area contributed by atoms with Crippen molar-refractivity contribution in [2.24, 2.45) is 0 Å². The van der Waals surface area contributed by atoms with E-state index in [1.807, 2.05) is 26.0 Å². The first-order valence-corrected chi connectivity index (χ1v) is 43.0. The number of aryl methyl sites for hydroxylation is 4. The van der Waals surface area contributed by atoms with Crippen molar-refractivity contribution in [3.8, 4) is 23.0 Å². The van der Waals surface area contributed by atoms with Crippen LogP contribution in [-0.2, 0) is 47.3 Å². The molecule has 0 aliphatic carbocycles. The first-order valence-electron chi connectivity index (χ1n) is 43.0. The third kappa shape index (κ3) is 21.4. The van der Waals surface area contributed by atoms with Crippen LogP contribution in [0, 0.1) is 51.0 Å². The highest BCUT2D eigenvalue weighted by Crippen LogP contribution is 2.52. The van der Waals surface area contributed by atoms with Crippen molar-refractivity contribution in [3.63, 3.8) is 0 Å². The van der Waals surface area contributed by atoms with Gasteiger partial charge in [-0.25, -0.2) is 17.6 Å². The molecule has 0 unspecified atom stereocenters. The molecule has 132 heavy (non-hydrogen) atoms. The third-order valence-electron chi connectivity index (χ3n) is 24.8. The number of aliphatic hydroxyl groups is 4. The van der Waals surface area contributed by atoms with Gasteiger partial charge in [0.25, 0.3) is 0 Å². The molecule has 704 valence electrons. The lowest BCUT2D eigenvalue weighted by Crippen LogP contribution is -2.53. The first-order chi connectivity index (χ1) is 61.6. The number of hydrogen-bond acceptors (Lipinski definition) is 16. The number of nitrogens with one attached hydrogen (secondary N) is 4. The minimum Gasteiger partial charge on any atom is -0.493 e. The van der Waals surface area contributed by atoms with E-state index in [9.17, 15) is 90.7 Å². The van der Waals surface area contributed by atoms with Crippen molar-refractivity contribution in [2.75, 3.05) is 73.9 Å². The Balaban J connectivity index is 0.000000150. The van der Waals surface area contributed by atoms with Crippen LogP contribution in [0.5, 0.6) is 23.0 Å². The van der Waals surface area contributed by atoms with Crippen LogP contribution in [0.4, 0.5) is 93.0 Å². The molecule has 0 saturated heterocycles. The monoisotopic (exact) mass is 1850 g/mol. The van der Waals surface area contributed by atoms with E-state index in [0.717, 1.165) is 33.5 Å². The van der Waals surface area contributed by atoms with Gasteiger partial charge in [0.2, 0.25) is 0 Å². The van der Waals surface area contributed by atoms with E-state index in [1.165, 1.54) is 48.5 Å². The summed E-state index contributed by atoms with van der Waals surface area (Å²) < 4.78 is 249. The number of alkyl halides is 12. The van der Waals surface area contributed by atoms with E-state index >= 15 is 0 Å². The van der Waals surface area contributed by atoms with Crippen LogP contribution in [0.1, 0.15) is 148 Å². The molecule has 4 atom stereocenters. The zero-order valence-corrected chi connectivity index (χ0v) is 74.7. The van der Waals surface area contributed by atoms with Gasteiger partial charge in [-0.3, -0.25) is 19.9 Å². The summed E-state index contributed by atoms with van der Waals surface area (Å²) in [5, 5.41) is 59.1. The second-order valence-corrected chi connectivity index (χ2v) is 37.3. The Morgan fingerprint density at radius 2 is 0.545 bits per heavy atom. The lowest BCUT2D eigenvalue weighted by Gasteiger charge is -2.38. The molecule has 8 aromatic carbocycles. The molecule has 8 heterocycles. The molecule has 0 saturated carbocycles. The quantitative estimate of drug-likeness (QED) is 0.0264. The summed E-state index contributed by atoms with van der Waals surface area (Å²) in [6.07, 6.45) is -17.1. The number of fused-ring (bicyclic) bond motifs is 8. The standard InChI is InChI=1S/4C25H26F4N2O2/c2*1-15-9-19-17(12-30-15)5-4-6-21(19)31-14-24(32,25(27,28)29)13-23(2,3)20-11-18(26)10-16-7-8-33-22(16)20;2*1-15-7-8-18-20(5-4-6-21(18)31-15)30-14-24(32,25(27,28)29)13-23(2,3)19-12-17(26)11-16-9-10-33-22(16)19/h2*4-6,9-12,31-32H,7-8,13-14H2,1-3H3;2*4-8,11-12,30,32H,9-10,13-14H2,1-3H3/t4*24-/m1010/s1. The summed E-state index contributed by atoms with van der Waals surface area (Å²) >= 11 is 0. The second kappa shape index (κ2) is 37.2. The summed E-state index contributed by atoms with van der Waals surface area (Å²) in [6, 6.07) is 41.5. The Labute approximate surface area is 753 Å². The zero-order chi connectivity index (χ0) is 96.1. The van der Waals surface area contributed by atoms with Crippen LogP contribution in [-0.4, -0.2) is 140 Å². The van der Waals surface area contributed by atoms with Gasteiger partial charge in [0.1, 0.15) is 46.3 Å². The number of halogens is 16. The fourth-order valence-electron chi connectivity index (χ4n) is 18.1. The maximum Gasteiger partial charge on any atom is 0.418 e. The van der Waals surface area contributed by atoms with Gasteiger partial charge < -0.3 is 60.6 Å². The van der Waals surface area contributed by atoms with Gasteiger partial charge in [-0.2, -0.15) is 52.7 Å². The molecule has 8 N–H and O–H groups in total. The molecular formula is C100H104F16N8O8. The highest BCUT2D eigenvalue weighted by molar-refractivity contribution is 5.95. The number of hydrogen-bond donors (Lipinski definition) is 8. The van der Waals surface area contributed by atoms with E-state index in [-0.39, 0.29) is 0 Å². The van der Waals surface area contributed by atoms with Crippen LogP contribution in [0.3, 0.4) is 0 Å². The van der Waals surface area contributed by atoms with Crippen molar-refractivity contribution in [3.05, 3.63) is 261 Å². The van der Waals surface area contributed by atoms with E-state index < -0.39 is 144 Å². The third-order valence-corrected chi connectivity index (χ3v) is 24.8. The van der Waals surface area contributed by atoms with Gasteiger partial charge in [-0.05, 0) is 196 Å². The maximum absolute atomic E-state index is 14.2. The van der Waals surface area contributed by atoms with Crippen LogP contribution in [0.15, 0.2) is 170 Å². The molecule has 0 bridgehead atoms. The van der Waals surface area contributed by atoms with Gasteiger partial charge in [0.15, 0.2) is 22.4 Å². The number of benzene rings is 8. The molecule has 4 aliphatic rings. The van der Waals surface area contributed by atoms with Crippen molar-refractivity contribution >= 4 is 66.1 Å². The van der Waals surface area contributed by atoms with Crippen molar-refractivity contribution < 1.29 is 110 Å². The Hall–Kier alpha value is -11.5. The van der Waals surface area contributed by atoms with Gasteiger partial charge >= 0.3 is 24.7 Å². The Bertz CT molecular complexity index is 5890. The van der Waals surface area contributed by atoms with E-state index in [2.05, 4.69) is 41.2 Å². The van der Waals surface area contributed by atoms with Crippen LogP contribution >= 0.6 is 0 Å². The summed E-state index contributed by atoms with van der Waals surface area (Å²) in [5.41, 5.74) is -7.24. The van der Waals surface area contributed by atoms with Crippen molar-refractivity contribution in [1.29, 1.82) is 0 Å². The Morgan fingerprint density at radius 1 is 0.303 bits per heavy atom. The minimum atomic E-state index is -4.92. The lowest BCUT2D eigenvalue weighted by molar-refractivity contribution is -0.260. The number of pyridine rings is 4. The number of rotatable bonds is 24. The summed E-state index contributed by atoms with van der Waals surface area (Å²) in [5.74, 6) is -0.480. The van der Waals surface area contributed by atoms with Crippen molar-refractivity contribution in [2.45, 2.75) is 203 Å². The maximum atomic E-state index is 14.2. The predicted molar refractivity (Wildman–Crippen MR) is 477 cm³/mol. The van der Waals surface area contributed by atoms with E-state index in [4.69, 9.17) is 18.9 Å². The number of ether oxygens (including phenoxy) is 4. The van der Waals surface area contributed by atoms with E-state index in [1.54, 1.807) is 179 Å². The molecule has 4 aromatic heterocycles. The smallest absolute Gasteiger partial charge is 0.418 e. The molecule has 0 amide bonds. The highest BCUT2D eigenvalue weighted by Gasteiger charge is 2.60. The summed E-state index contributed by atoms with van der Waals surface area (Å²) in [6.45, 7) is 18.1. The molecule has 12 aromatic rings.